The molecule has 2 heterocycles. The molecule has 0 fully saturated rings. The first-order valence-corrected chi connectivity index (χ1v) is 3.60. The van der Waals surface area contributed by atoms with Gasteiger partial charge in [-0.3, -0.25) is 0 Å². The molecule has 0 unspecified atom stereocenters. The first-order valence-electron chi connectivity index (χ1n) is 3.60. The minimum atomic E-state index is 0.296. The maximum absolute atomic E-state index is 4.86. The van der Waals surface area contributed by atoms with Crippen molar-refractivity contribution in [3.63, 3.8) is 0 Å². The summed E-state index contributed by atoms with van der Waals surface area (Å²) in [6, 6.07) is 0. The van der Waals surface area contributed by atoms with E-state index in [0.29, 0.717) is 24.0 Å². The molecule has 2 rings (SSSR count). The summed E-state index contributed by atoms with van der Waals surface area (Å²) in [6.07, 6.45) is 2.75. The second-order valence-electron chi connectivity index (χ2n) is 2.32. The van der Waals surface area contributed by atoms with Crippen LogP contribution in [0.15, 0.2) is 21.6 Å². The fraction of sp³-hybridized carbons (Fsp3) is 0.286. The number of hydrogen-bond acceptors (Lipinski definition) is 6. The van der Waals surface area contributed by atoms with Crippen molar-refractivity contribution in [3.8, 4) is 11.5 Å². The Kier molecular flexibility index (Phi) is 2.05. The first kappa shape index (κ1) is 7.93. The van der Waals surface area contributed by atoms with Gasteiger partial charge in [0, 0.05) is 7.11 Å². The van der Waals surface area contributed by atoms with Gasteiger partial charge in [0.25, 0.3) is 5.89 Å². The van der Waals surface area contributed by atoms with Crippen LogP contribution in [0.25, 0.3) is 11.5 Å². The van der Waals surface area contributed by atoms with E-state index >= 15 is 0 Å². The molecule has 0 spiro atoms. The van der Waals surface area contributed by atoms with E-state index in [0.717, 1.165) is 0 Å². The fourth-order valence-electron chi connectivity index (χ4n) is 0.864. The average molecular weight is 181 g/mol. The second-order valence-corrected chi connectivity index (χ2v) is 2.32. The van der Waals surface area contributed by atoms with E-state index in [2.05, 4.69) is 15.1 Å². The van der Waals surface area contributed by atoms with Crippen molar-refractivity contribution in [2.45, 2.75) is 6.61 Å². The molecular formula is C7H7N3O3. The van der Waals surface area contributed by atoms with Crippen molar-refractivity contribution >= 4 is 0 Å². The van der Waals surface area contributed by atoms with Crippen molar-refractivity contribution in [2.75, 3.05) is 7.11 Å². The van der Waals surface area contributed by atoms with Crippen LogP contribution in [0.4, 0.5) is 0 Å². The standard InChI is InChI=1S/C7H7N3O3/c1-11-3-6-9-7(10-13-6)5-2-12-4-8-5/h2,4H,3H2,1H3. The summed E-state index contributed by atoms with van der Waals surface area (Å²) in [7, 11) is 1.56. The molecular weight excluding hydrogens is 174 g/mol. The first-order chi connectivity index (χ1) is 6.40. The highest BCUT2D eigenvalue weighted by atomic mass is 16.5. The summed E-state index contributed by atoms with van der Waals surface area (Å²) >= 11 is 0. The third-order valence-electron chi connectivity index (χ3n) is 1.40. The minimum Gasteiger partial charge on any atom is -0.451 e. The Hall–Kier alpha value is -1.69. The molecule has 0 bridgehead atoms. The summed E-state index contributed by atoms with van der Waals surface area (Å²) < 4.78 is 14.5. The lowest BCUT2D eigenvalue weighted by Crippen LogP contribution is -1.86. The van der Waals surface area contributed by atoms with Gasteiger partial charge in [-0.1, -0.05) is 5.16 Å². The molecule has 2 aromatic rings. The van der Waals surface area contributed by atoms with E-state index in [-0.39, 0.29) is 0 Å². The molecule has 0 N–H and O–H groups in total. The van der Waals surface area contributed by atoms with Gasteiger partial charge in [-0.05, 0) is 0 Å². The van der Waals surface area contributed by atoms with Gasteiger partial charge in [0.2, 0.25) is 5.82 Å². The van der Waals surface area contributed by atoms with Crippen LogP contribution in [0.1, 0.15) is 5.89 Å². The van der Waals surface area contributed by atoms with Crippen LogP contribution in [0, 0.1) is 0 Å². The Balaban J connectivity index is 2.23. The topological polar surface area (TPSA) is 74.2 Å². The van der Waals surface area contributed by atoms with Crippen molar-refractivity contribution in [2.24, 2.45) is 0 Å². The molecule has 0 radical (unpaired) electrons. The fourth-order valence-corrected chi connectivity index (χ4v) is 0.864. The smallest absolute Gasteiger partial charge is 0.252 e. The summed E-state index contributed by atoms with van der Waals surface area (Å²) in [5.41, 5.74) is 0.547. The SMILES string of the molecule is COCc1nc(-c2cocn2)no1. The van der Waals surface area contributed by atoms with Gasteiger partial charge in [-0.15, -0.1) is 0 Å². The van der Waals surface area contributed by atoms with Crippen LogP contribution < -0.4 is 0 Å². The molecule has 0 aliphatic carbocycles. The van der Waals surface area contributed by atoms with Crippen LogP contribution in [-0.4, -0.2) is 22.2 Å². The molecule has 0 aliphatic rings. The van der Waals surface area contributed by atoms with Gasteiger partial charge in [-0.25, -0.2) is 4.98 Å². The molecule has 13 heavy (non-hydrogen) atoms. The van der Waals surface area contributed by atoms with E-state index in [4.69, 9.17) is 13.7 Å². The number of nitrogens with zero attached hydrogens (tertiary/aromatic N) is 3. The average Bonchev–Trinajstić information content (AvgIpc) is 2.70. The second kappa shape index (κ2) is 3.36. The lowest BCUT2D eigenvalue weighted by molar-refractivity contribution is 0.151. The molecule has 6 nitrogen and oxygen atoms in total. The maximum Gasteiger partial charge on any atom is 0.252 e. The normalized spacial score (nSPS) is 10.5. The number of oxazole rings is 1. The van der Waals surface area contributed by atoms with E-state index in [1.807, 2.05) is 0 Å². The largest absolute Gasteiger partial charge is 0.451 e. The van der Waals surface area contributed by atoms with Gasteiger partial charge in [0.05, 0.1) is 0 Å². The highest BCUT2D eigenvalue weighted by molar-refractivity contribution is 5.44. The molecule has 0 saturated carbocycles. The summed E-state index contributed by atoms with van der Waals surface area (Å²) in [5, 5.41) is 3.69. The molecule has 0 aromatic carbocycles. The van der Waals surface area contributed by atoms with Gasteiger partial charge < -0.3 is 13.7 Å². The number of hydrogen-bond donors (Lipinski definition) is 0. The van der Waals surface area contributed by atoms with Crippen LogP contribution in [0.2, 0.25) is 0 Å². The van der Waals surface area contributed by atoms with Crippen molar-refractivity contribution < 1.29 is 13.7 Å². The van der Waals surface area contributed by atoms with Gasteiger partial charge >= 0.3 is 0 Å². The molecule has 0 amide bonds. The third-order valence-corrected chi connectivity index (χ3v) is 1.40. The van der Waals surface area contributed by atoms with Gasteiger partial charge in [0.15, 0.2) is 6.39 Å². The van der Waals surface area contributed by atoms with Crippen molar-refractivity contribution in [1.82, 2.24) is 15.1 Å². The number of methoxy groups -OCH3 is 1. The van der Waals surface area contributed by atoms with E-state index < -0.39 is 0 Å². The lowest BCUT2D eigenvalue weighted by Gasteiger charge is -1.86. The quantitative estimate of drug-likeness (QED) is 0.699. The highest BCUT2D eigenvalue weighted by Crippen LogP contribution is 2.12. The Morgan fingerprint density at radius 1 is 1.54 bits per heavy atom. The molecule has 2 aromatic heterocycles. The monoisotopic (exact) mass is 181 g/mol. The number of ether oxygens (including phenoxy) is 1. The summed E-state index contributed by atoms with van der Waals surface area (Å²) in [6.45, 7) is 0.296. The van der Waals surface area contributed by atoms with E-state index in [9.17, 15) is 0 Å². The summed E-state index contributed by atoms with van der Waals surface area (Å²) in [4.78, 5) is 7.88. The molecule has 68 valence electrons. The zero-order valence-corrected chi connectivity index (χ0v) is 6.93. The minimum absolute atomic E-state index is 0.296. The molecule has 6 heteroatoms. The number of rotatable bonds is 3. The van der Waals surface area contributed by atoms with Crippen LogP contribution >= 0.6 is 0 Å². The third kappa shape index (κ3) is 1.57. The molecule has 0 aliphatic heterocycles. The maximum atomic E-state index is 4.86. The summed E-state index contributed by atoms with van der Waals surface area (Å²) in [5.74, 6) is 0.821. The predicted molar refractivity (Wildman–Crippen MR) is 40.5 cm³/mol. The molecule has 0 saturated heterocycles. The predicted octanol–water partition coefficient (Wildman–Crippen LogP) is 0.871. The van der Waals surface area contributed by atoms with Crippen molar-refractivity contribution in [1.29, 1.82) is 0 Å². The Morgan fingerprint density at radius 3 is 3.15 bits per heavy atom. The Bertz CT molecular complexity index is 368. The zero-order chi connectivity index (χ0) is 9.10. The zero-order valence-electron chi connectivity index (χ0n) is 6.93. The number of aromatic nitrogens is 3. The van der Waals surface area contributed by atoms with E-state index in [1.165, 1.54) is 12.7 Å². The van der Waals surface area contributed by atoms with Crippen LogP contribution in [-0.2, 0) is 11.3 Å². The van der Waals surface area contributed by atoms with E-state index in [1.54, 1.807) is 7.11 Å². The van der Waals surface area contributed by atoms with Crippen LogP contribution in [0.3, 0.4) is 0 Å². The lowest BCUT2D eigenvalue weighted by atomic mass is 10.5. The van der Waals surface area contributed by atoms with Gasteiger partial charge in [0.1, 0.15) is 18.6 Å². The van der Waals surface area contributed by atoms with Crippen LogP contribution in [0.5, 0.6) is 0 Å². The molecule has 0 atom stereocenters. The van der Waals surface area contributed by atoms with Crippen molar-refractivity contribution in [3.05, 3.63) is 18.5 Å². The Morgan fingerprint density at radius 2 is 2.46 bits per heavy atom. The van der Waals surface area contributed by atoms with Gasteiger partial charge in [-0.2, -0.15) is 4.98 Å². The Labute approximate surface area is 73.5 Å². The highest BCUT2D eigenvalue weighted by Gasteiger charge is 2.09.